The Kier molecular flexibility index (Phi) is 3.06. The Morgan fingerprint density at radius 3 is 2.83 bits per heavy atom. The fraction of sp³-hybridized carbons (Fsp3) is 0.400. The van der Waals surface area contributed by atoms with Crippen molar-refractivity contribution in [3.05, 3.63) is 30.3 Å². The van der Waals surface area contributed by atoms with Crippen molar-refractivity contribution < 1.29 is 24.2 Å². The minimum absolute atomic E-state index is 0.0589. The smallest absolute Gasteiger partial charge is 0.330 e. The second kappa shape index (κ2) is 4.89. The van der Waals surface area contributed by atoms with Gasteiger partial charge in [-0.15, -0.1) is 11.8 Å². The highest BCUT2D eigenvalue weighted by Gasteiger charge is 2.78. The second-order valence-corrected chi connectivity index (χ2v) is 7.13. The molecule has 2 aliphatic heterocycles. The summed E-state index contributed by atoms with van der Waals surface area (Å²) >= 11 is 1.45. The fourth-order valence-electron chi connectivity index (χ4n) is 3.18. The predicted molar refractivity (Wildman–Crippen MR) is 80.9 cm³/mol. The Morgan fingerprint density at radius 1 is 1.39 bits per heavy atom. The van der Waals surface area contributed by atoms with Gasteiger partial charge < -0.3 is 20.1 Å². The number of hydrogen-bond acceptors (Lipinski definition) is 5. The number of fused-ring (bicyclic) bond motifs is 3. The average Bonchev–Trinajstić information content (AvgIpc) is 3.19. The third-order valence-corrected chi connectivity index (χ3v) is 6.09. The summed E-state index contributed by atoms with van der Waals surface area (Å²) in [6.45, 7) is -0.182. The maximum absolute atomic E-state index is 12.2. The molecule has 0 aromatic heterocycles. The molecule has 8 heteroatoms. The van der Waals surface area contributed by atoms with E-state index < -0.39 is 23.5 Å². The molecule has 4 atom stereocenters. The molecule has 1 aliphatic carbocycles. The third kappa shape index (κ3) is 2.01. The van der Waals surface area contributed by atoms with Crippen LogP contribution in [0.1, 0.15) is 6.42 Å². The van der Waals surface area contributed by atoms with Gasteiger partial charge in [0.15, 0.2) is 12.1 Å². The molecule has 2 heterocycles. The van der Waals surface area contributed by atoms with Crippen LogP contribution in [0.4, 0.5) is 0 Å². The quantitative estimate of drug-likeness (QED) is 0.740. The Labute approximate surface area is 136 Å². The average molecular weight is 334 g/mol. The predicted octanol–water partition coefficient (Wildman–Crippen LogP) is 0.0610. The first kappa shape index (κ1) is 14.4. The molecule has 2 N–H and O–H groups in total. The number of carbonyl (C=O) groups excluding carboxylic acids is 2. The van der Waals surface area contributed by atoms with Gasteiger partial charge >= 0.3 is 5.97 Å². The molecular formula is C15H14N2O5S. The van der Waals surface area contributed by atoms with Gasteiger partial charge in [-0.1, -0.05) is 18.2 Å². The van der Waals surface area contributed by atoms with Gasteiger partial charge in [0.2, 0.25) is 5.91 Å². The Hall–Kier alpha value is -2.22. The number of nitrogens with one attached hydrogen (secondary N) is 1. The van der Waals surface area contributed by atoms with Gasteiger partial charge in [0.25, 0.3) is 5.91 Å². The fourth-order valence-corrected chi connectivity index (χ4v) is 5.06. The Balaban J connectivity index is 1.34. The zero-order valence-corrected chi connectivity index (χ0v) is 12.8. The molecule has 1 aromatic rings. The molecule has 0 radical (unpaired) electrons. The van der Waals surface area contributed by atoms with E-state index in [2.05, 4.69) is 5.32 Å². The van der Waals surface area contributed by atoms with E-state index in [0.717, 1.165) is 0 Å². The SMILES string of the molecule is O=C(COc1ccccc1)NC1C(=O)N2[C@@H]1SC1CC12C(=O)O. The minimum atomic E-state index is -1.03. The standard InChI is InChI=1S/C15H14N2O5S/c18-10(7-22-8-4-2-1-3-5-8)16-11-12(19)17-13(11)23-9-6-15(9,17)14(20)21/h1-5,9,11,13H,6-7H2,(H,16,18)(H,20,21)/t9?,11?,13-,15?/m1/s1. The molecule has 2 saturated heterocycles. The number of carboxylic acid groups (broad SMARTS) is 1. The summed E-state index contributed by atoms with van der Waals surface area (Å²) in [7, 11) is 0. The van der Waals surface area contributed by atoms with Crippen LogP contribution in [0, 0.1) is 0 Å². The molecule has 3 aliphatic rings. The first-order valence-electron chi connectivity index (χ1n) is 7.23. The van der Waals surface area contributed by atoms with Crippen molar-refractivity contribution in [3.8, 4) is 5.75 Å². The number of thioether (sulfide) groups is 1. The molecule has 3 fully saturated rings. The van der Waals surface area contributed by atoms with Crippen molar-refractivity contribution in [3.63, 3.8) is 0 Å². The summed E-state index contributed by atoms with van der Waals surface area (Å²) in [5.74, 6) is -1.09. The maximum atomic E-state index is 12.2. The van der Waals surface area contributed by atoms with Crippen molar-refractivity contribution in [2.45, 2.75) is 28.6 Å². The highest BCUT2D eigenvalue weighted by Crippen LogP contribution is 2.63. The van der Waals surface area contributed by atoms with Gasteiger partial charge in [-0.2, -0.15) is 0 Å². The number of amides is 2. The number of aliphatic carboxylic acids is 1. The van der Waals surface area contributed by atoms with E-state index in [9.17, 15) is 19.5 Å². The van der Waals surface area contributed by atoms with E-state index in [1.165, 1.54) is 16.7 Å². The molecule has 1 aromatic carbocycles. The first-order chi connectivity index (χ1) is 11.0. The van der Waals surface area contributed by atoms with Crippen molar-refractivity contribution in [2.24, 2.45) is 0 Å². The second-order valence-electron chi connectivity index (χ2n) is 5.80. The molecular weight excluding hydrogens is 320 g/mol. The number of rotatable bonds is 5. The van der Waals surface area contributed by atoms with Gasteiger partial charge in [0.1, 0.15) is 17.2 Å². The Bertz CT molecular complexity index is 696. The van der Waals surface area contributed by atoms with Crippen molar-refractivity contribution in [2.75, 3.05) is 6.61 Å². The highest BCUT2D eigenvalue weighted by atomic mass is 32.2. The van der Waals surface area contributed by atoms with Crippen LogP contribution in [0.3, 0.4) is 0 Å². The molecule has 0 bridgehead atoms. The van der Waals surface area contributed by atoms with E-state index in [0.29, 0.717) is 12.2 Å². The van der Waals surface area contributed by atoms with Crippen LogP contribution in [-0.4, -0.2) is 56.6 Å². The normalized spacial score (nSPS) is 33.3. The van der Waals surface area contributed by atoms with Gasteiger partial charge in [0.05, 0.1) is 0 Å². The summed E-state index contributed by atoms with van der Waals surface area (Å²) < 4.78 is 5.33. The minimum Gasteiger partial charge on any atom is -0.484 e. The van der Waals surface area contributed by atoms with Crippen LogP contribution in [0.2, 0.25) is 0 Å². The van der Waals surface area contributed by atoms with Crippen LogP contribution >= 0.6 is 11.8 Å². The zero-order valence-electron chi connectivity index (χ0n) is 12.0. The van der Waals surface area contributed by atoms with E-state index in [-0.39, 0.29) is 23.1 Å². The molecule has 7 nitrogen and oxygen atoms in total. The number of carboxylic acids is 1. The lowest BCUT2D eigenvalue weighted by molar-refractivity contribution is -0.163. The molecule has 120 valence electrons. The van der Waals surface area contributed by atoms with Gasteiger partial charge in [0, 0.05) is 5.25 Å². The van der Waals surface area contributed by atoms with Gasteiger partial charge in [-0.25, -0.2) is 4.79 Å². The lowest BCUT2D eigenvalue weighted by Crippen LogP contribution is -2.72. The maximum Gasteiger partial charge on any atom is 0.330 e. The highest BCUT2D eigenvalue weighted by molar-refractivity contribution is 8.01. The third-order valence-electron chi connectivity index (χ3n) is 4.45. The molecule has 0 spiro atoms. The summed E-state index contributed by atoms with van der Waals surface area (Å²) in [6, 6.07) is 8.26. The van der Waals surface area contributed by atoms with E-state index >= 15 is 0 Å². The Morgan fingerprint density at radius 2 is 2.13 bits per heavy atom. The molecule has 23 heavy (non-hydrogen) atoms. The summed E-state index contributed by atoms with van der Waals surface area (Å²) in [5, 5.41) is 11.6. The van der Waals surface area contributed by atoms with Crippen LogP contribution in [0.15, 0.2) is 30.3 Å². The summed E-state index contributed by atoms with van der Waals surface area (Å²) in [5.41, 5.74) is -1.03. The molecule has 1 saturated carbocycles. The first-order valence-corrected chi connectivity index (χ1v) is 8.17. The summed E-state index contributed by atoms with van der Waals surface area (Å²) in [6.07, 6.45) is 0.493. The number of carbonyl (C=O) groups is 3. The number of β-lactam (4-membered cyclic amide) rings is 1. The van der Waals surface area contributed by atoms with E-state index in [4.69, 9.17) is 4.74 Å². The van der Waals surface area contributed by atoms with Gasteiger partial charge in [-0.3, -0.25) is 9.59 Å². The monoisotopic (exact) mass is 334 g/mol. The van der Waals surface area contributed by atoms with Crippen LogP contribution < -0.4 is 10.1 Å². The van der Waals surface area contributed by atoms with Gasteiger partial charge in [-0.05, 0) is 18.6 Å². The van der Waals surface area contributed by atoms with Crippen molar-refractivity contribution >= 4 is 29.5 Å². The number of hydrogen-bond donors (Lipinski definition) is 2. The number of benzene rings is 1. The molecule has 4 rings (SSSR count). The zero-order chi connectivity index (χ0) is 16.2. The molecule has 3 unspecified atom stereocenters. The molecule has 2 amide bonds. The largest absolute Gasteiger partial charge is 0.484 e. The van der Waals surface area contributed by atoms with Crippen molar-refractivity contribution in [1.29, 1.82) is 0 Å². The lowest BCUT2D eigenvalue weighted by atomic mass is 10.0. The lowest BCUT2D eigenvalue weighted by Gasteiger charge is -2.45. The van der Waals surface area contributed by atoms with Crippen LogP contribution in [0.25, 0.3) is 0 Å². The number of para-hydroxylation sites is 1. The van der Waals surface area contributed by atoms with Crippen molar-refractivity contribution in [1.82, 2.24) is 10.2 Å². The summed E-state index contributed by atoms with van der Waals surface area (Å²) in [4.78, 5) is 36.9. The van der Waals surface area contributed by atoms with E-state index in [1.54, 1.807) is 24.3 Å². The van der Waals surface area contributed by atoms with Crippen LogP contribution in [-0.2, 0) is 14.4 Å². The number of ether oxygens (including phenoxy) is 1. The topological polar surface area (TPSA) is 95.9 Å². The number of nitrogens with zero attached hydrogens (tertiary/aromatic N) is 1. The van der Waals surface area contributed by atoms with Crippen LogP contribution in [0.5, 0.6) is 5.75 Å². The van der Waals surface area contributed by atoms with E-state index in [1.807, 2.05) is 6.07 Å².